The standard InChI is InChI=1S/C22H15ClN2O2S2/c23-19-12-11-17(29-19)14-28-22-24-18(15-7-3-1-4-8-15)13-20(25-22)27-21(26)16-9-5-2-6-10-16/h1-13H,14H2. The monoisotopic (exact) mass is 438 g/mol. The van der Waals surface area contributed by atoms with E-state index in [1.807, 2.05) is 48.5 Å². The number of halogens is 1. The average molecular weight is 439 g/mol. The highest BCUT2D eigenvalue weighted by atomic mass is 35.5. The van der Waals surface area contributed by atoms with E-state index in [-0.39, 0.29) is 5.88 Å². The number of rotatable bonds is 6. The molecule has 29 heavy (non-hydrogen) atoms. The lowest BCUT2D eigenvalue weighted by molar-refractivity contribution is 0.0726. The van der Waals surface area contributed by atoms with Crippen molar-refractivity contribution in [3.63, 3.8) is 0 Å². The molecule has 0 radical (unpaired) electrons. The van der Waals surface area contributed by atoms with Crippen LogP contribution in [0.2, 0.25) is 4.34 Å². The normalized spacial score (nSPS) is 10.7. The third-order valence-corrected chi connectivity index (χ3v) is 6.24. The zero-order valence-electron chi connectivity index (χ0n) is 15.1. The van der Waals surface area contributed by atoms with E-state index in [2.05, 4.69) is 9.97 Å². The highest BCUT2D eigenvalue weighted by Crippen LogP contribution is 2.30. The number of hydrogen-bond acceptors (Lipinski definition) is 6. The van der Waals surface area contributed by atoms with Crippen molar-refractivity contribution >= 4 is 40.7 Å². The van der Waals surface area contributed by atoms with Gasteiger partial charge in [0, 0.05) is 22.3 Å². The maximum atomic E-state index is 12.5. The van der Waals surface area contributed by atoms with E-state index < -0.39 is 5.97 Å². The van der Waals surface area contributed by atoms with Crippen LogP contribution < -0.4 is 4.74 Å². The van der Waals surface area contributed by atoms with Crippen molar-refractivity contribution in [2.45, 2.75) is 10.9 Å². The van der Waals surface area contributed by atoms with Crippen molar-refractivity contribution in [1.82, 2.24) is 9.97 Å². The van der Waals surface area contributed by atoms with Crippen LogP contribution in [-0.4, -0.2) is 15.9 Å². The summed E-state index contributed by atoms with van der Waals surface area (Å²) in [5, 5.41) is 0.534. The van der Waals surface area contributed by atoms with E-state index in [1.54, 1.807) is 30.3 Å². The Morgan fingerprint density at radius 2 is 1.69 bits per heavy atom. The van der Waals surface area contributed by atoms with E-state index in [9.17, 15) is 4.79 Å². The molecule has 0 bridgehead atoms. The maximum Gasteiger partial charge on any atom is 0.344 e. The lowest BCUT2D eigenvalue weighted by Crippen LogP contribution is -2.10. The number of carbonyl (C=O) groups is 1. The molecule has 0 saturated heterocycles. The van der Waals surface area contributed by atoms with Gasteiger partial charge in [-0.15, -0.1) is 11.3 Å². The van der Waals surface area contributed by atoms with Gasteiger partial charge in [0.2, 0.25) is 5.88 Å². The third-order valence-electron chi connectivity index (χ3n) is 3.93. The fraction of sp³-hybridized carbons (Fsp3) is 0.0455. The summed E-state index contributed by atoms with van der Waals surface area (Å²) in [6.07, 6.45) is 0. The summed E-state index contributed by atoms with van der Waals surface area (Å²) in [6, 6.07) is 24.1. The Bertz CT molecular complexity index is 1120. The lowest BCUT2D eigenvalue weighted by Gasteiger charge is -2.08. The second-order valence-electron chi connectivity index (χ2n) is 5.99. The molecule has 7 heteroatoms. The first-order valence-corrected chi connectivity index (χ1v) is 10.9. The molecule has 0 aliphatic heterocycles. The summed E-state index contributed by atoms with van der Waals surface area (Å²) < 4.78 is 6.28. The van der Waals surface area contributed by atoms with E-state index in [0.717, 1.165) is 14.8 Å². The van der Waals surface area contributed by atoms with Gasteiger partial charge in [-0.2, -0.15) is 4.98 Å². The highest BCUT2D eigenvalue weighted by molar-refractivity contribution is 7.98. The van der Waals surface area contributed by atoms with Crippen LogP contribution >= 0.6 is 34.7 Å². The lowest BCUT2D eigenvalue weighted by atomic mass is 10.1. The largest absolute Gasteiger partial charge is 0.404 e. The Hall–Kier alpha value is -2.67. The van der Waals surface area contributed by atoms with Crippen LogP contribution in [0, 0.1) is 0 Å². The molecule has 0 spiro atoms. The summed E-state index contributed by atoms with van der Waals surface area (Å²) >= 11 is 9.00. The van der Waals surface area contributed by atoms with E-state index >= 15 is 0 Å². The van der Waals surface area contributed by atoms with Crippen LogP contribution in [0.3, 0.4) is 0 Å². The van der Waals surface area contributed by atoms with Gasteiger partial charge in [-0.3, -0.25) is 0 Å². The van der Waals surface area contributed by atoms with Crippen LogP contribution in [0.4, 0.5) is 0 Å². The van der Waals surface area contributed by atoms with Gasteiger partial charge in [0.05, 0.1) is 15.6 Å². The van der Waals surface area contributed by atoms with Crippen LogP contribution in [0.5, 0.6) is 5.88 Å². The van der Waals surface area contributed by atoms with Gasteiger partial charge in [0.25, 0.3) is 0 Å². The van der Waals surface area contributed by atoms with Gasteiger partial charge in [-0.1, -0.05) is 71.9 Å². The molecule has 0 atom stereocenters. The molecule has 2 heterocycles. The van der Waals surface area contributed by atoms with Crippen LogP contribution in [0.1, 0.15) is 15.2 Å². The molecule has 0 N–H and O–H groups in total. The molecule has 0 unspecified atom stereocenters. The number of ether oxygens (including phenoxy) is 1. The highest BCUT2D eigenvalue weighted by Gasteiger charge is 2.13. The summed E-state index contributed by atoms with van der Waals surface area (Å²) in [5.74, 6) is 0.450. The molecule has 0 fully saturated rings. The molecule has 2 aromatic heterocycles. The minimum Gasteiger partial charge on any atom is -0.404 e. The quantitative estimate of drug-likeness (QED) is 0.199. The minimum absolute atomic E-state index is 0.222. The Morgan fingerprint density at radius 3 is 2.38 bits per heavy atom. The summed E-state index contributed by atoms with van der Waals surface area (Å²) in [7, 11) is 0. The third kappa shape index (κ3) is 5.23. The van der Waals surface area contributed by atoms with Gasteiger partial charge < -0.3 is 4.74 Å². The van der Waals surface area contributed by atoms with E-state index in [1.165, 1.54) is 23.1 Å². The zero-order valence-corrected chi connectivity index (χ0v) is 17.5. The fourth-order valence-electron chi connectivity index (χ4n) is 2.57. The molecule has 144 valence electrons. The minimum atomic E-state index is -0.454. The van der Waals surface area contributed by atoms with E-state index in [0.29, 0.717) is 22.2 Å². The average Bonchev–Trinajstić information content (AvgIpc) is 3.18. The van der Waals surface area contributed by atoms with Gasteiger partial charge in [-0.05, 0) is 24.3 Å². The molecule has 2 aromatic carbocycles. The zero-order chi connectivity index (χ0) is 20.1. The molecule has 0 aliphatic rings. The first-order valence-electron chi connectivity index (χ1n) is 8.76. The maximum absolute atomic E-state index is 12.5. The summed E-state index contributed by atoms with van der Waals surface area (Å²) in [4.78, 5) is 22.6. The molecule has 0 aliphatic carbocycles. The van der Waals surface area contributed by atoms with Crippen molar-refractivity contribution in [2.24, 2.45) is 0 Å². The smallest absolute Gasteiger partial charge is 0.344 e. The second-order valence-corrected chi connectivity index (χ2v) is 8.73. The Morgan fingerprint density at radius 1 is 0.966 bits per heavy atom. The van der Waals surface area contributed by atoms with Crippen molar-refractivity contribution in [3.8, 4) is 17.1 Å². The van der Waals surface area contributed by atoms with Crippen molar-refractivity contribution in [1.29, 1.82) is 0 Å². The van der Waals surface area contributed by atoms with Crippen molar-refractivity contribution in [3.05, 3.63) is 93.6 Å². The number of esters is 1. The van der Waals surface area contributed by atoms with Crippen molar-refractivity contribution in [2.75, 3.05) is 0 Å². The van der Waals surface area contributed by atoms with Crippen molar-refractivity contribution < 1.29 is 9.53 Å². The second kappa shape index (κ2) is 9.22. The molecular weight excluding hydrogens is 424 g/mol. The van der Waals surface area contributed by atoms with Gasteiger partial charge in [-0.25, -0.2) is 9.78 Å². The van der Waals surface area contributed by atoms with Crippen LogP contribution in [-0.2, 0) is 5.75 Å². The topological polar surface area (TPSA) is 52.1 Å². The van der Waals surface area contributed by atoms with E-state index in [4.69, 9.17) is 16.3 Å². The first-order chi connectivity index (χ1) is 14.2. The summed E-state index contributed by atoms with van der Waals surface area (Å²) in [5.41, 5.74) is 2.09. The summed E-state index contributed by atoms with van der Waals surface area (Å²) in [6.45, 7) is 0. The Balaban J connectivity index is 1.61. The van der Waals surface area contributed by atoms with Gasteiger partial charge in [0.15, 0.2) is 5.16 Å². The molecule has 0 amide bonds. The molecule has 4 aromatic rings. The molecule has 0 saturated carbocycles. The molecule has 4 rings (SSSR count). The number of thiophene rings is 1. The van der Waals surface area contributed by atoms with Crippen LogP contribution in [0.15, 0.2) is 84.0 Å². The number of benzene rings is 2. The number of aromatic nitrogens is 2. The predicted molar refractivity (Wildman–Crippen MR) is 118 cm³/mol. The number of thioether (sulfide) groups is 1. The Kier molecular flexibility index (Phi) is 6.24. The van der Waals surface area contributed by atoms with Crippen LogP contribution in [0.25, 0.3) is 11.3 Å². The van der Waals surface area contributed by atoms with Gasteiger partial charge >= 0.3 is 5.97 Å². The number of hydrogen-bond donors (Lipinski definition) is 0. The van der Waals surface area contributed by atoms with Gasteiger partial charge in [0.1, 0.15) is 0 Å². The number of carbonyl (C=O) groups excluding carboxylic acids is 1. The SMILES string of the molecule is O=C(Oc1cc(-c2ccccc2)nc(SCc2ccc(Cl)s2)n1)c1ccccc1. The molecule has 4 nitrogen and oxygen atoms in total. The Labute approximate surface area is 181 Å². The molecular formula is C22H15ClN2O2S2. The first kappa shape index (κ1) is 19.6. The predicted octanol–water partition coefficient (Wildman–Crippen LogP) is 6.37. The number of nitrogens with zero attached hydrogens (tertiary/aromatic N) is 2. The fourth-order valence-corrected chi connectivity index (χ4v) is 4.55.